The van der Waals surface area contributed by atoms with Crippen LogP contribution in [0.25, 0.3) is 0 Å². The van der Waals surface area contributed by atoms with E-state index in [1.54, 1.807) is 13.3 Å². The summed E-state index contributed by atoms with van der Waals surface area (Å²) in [6.07, 6.45) is 3.78. The molecule has 0 unspecified atom stereocenters. The van der Waals surface area contributed by atoms with Gasteiger partial charge in [-0.2, -0.15) is 10.1 Å². The molecule has 0 atom stereocenters. The van der Waals surface area contributed by atoms with E-state index in [-0.39, 0.29) is 0 Å². The second-order valence-electron chi connectivity index (χ2n) is 6.35. The third kappa shape index (κ3) is 3.18. The Labute approximate surface area is 152 Å². The van der Waals surface area contributed by atoms with Gasteiger partial charge in [-0.05, 0) is 49.1 Å². The van der Waals surface area contributed by atoms with Crippen molar-refractivity contribution in [3.8, 4) is 5.75 Å². The molecule has 0 amide bonds. The second kappa shape index (κ2) is 7.00. The largest absolute Gasteiger partial charge is 0.495 e. The second-order valence-corrected chi connectivity index (χ2v) is 6.35. The van der Waals surface area contributed by atoms with Crippen LogP contribution in [0.5, 0.6) is 5.75 Å². The fraction of sp³-hybridized carbons (Fsp3) is 0.250. The summed E-state index contributed by atoms with van der Waals surface area (Å²) in [7, 11) is 1.66. The van der Waals surface area contributed by atoms with Crippen molar-refractivity contribution in [1.82, 2.24) is 15.2 Å². The van der Waals surface area contributed by atoms with Crippen LogP contribution in [0.4, 0.5) is 23.1 Å². The fourth-order valence-electron chi connectivity index (χ4n) is 3.27. The molecule has 0 saturated carbocycles. The molecule has 1 N–H and O–H groups in total. The molecule has 6 nitrogen and oxygen atoms in total. The van der Waals surface area contributed by atoms with Crippen LogP contribution in [0, 0.1) is 6.92 Å². The average molecular weight is 347 g/mol. The molecule has 0 radical (unpaired) electrons. The molecule has 2 heterocycles. The van der Waals surface area contributed by atoms with Gasteiger partial charge >= 0.3 is 0 Å². The number of nitrogens with one attached hydrogen (secondary N) is 1. The SMILES string of the molecule is COc1ccc(C)cc1Nc1cnnc(N2CCCc3ccccc32)n1. The molecule has 6 heteroatoms. The minimum absolute atomic E-state index is 0.605. The number of para-hydroxylation sites is 1. The number of anilines is 4. The van der Waals surface area contributed by atoms with E-state index in [9.17, 15) is 0 Å². The highest BCUT2D eigenvalue weighted by Crippen LogP contribution is 2.32. The summed E-state index contributed by atoms with van der Waals surface area (Å²) in [6.45, 7) is 2.93. The van der Waals surface area contributed by atoms with Crippen molar-refractivity contribution in [2.75, 3.05) is 23.9 Å². The molecular weight excluding hydrogens is 326 g/mol. The van der Waals surface area contributed by atoms with Crippen LogP contribution >= 0.6 is 0 Å². The highest BCUT2D eigenvalue weighted by molar-refractivity contribution is 5.67. The third-order valence-corrected chi connectivity index (χ3v) is 4.52. The molecule has 0 saturated heterocycles. The van der Waals surface area contributed by atoms with Crippen LogP contribution in [0.1, 0.15) is 17.5 Å². The number of rotatable bonds is 4. The molecular formula is C20H21N5O. The van der Waals surface area contributed by atoms with Gasteiger partial charge in [-0.3, -0.25) is 0 Å². The zero-order chi connectivity index (χ0) is 17.9. The van der Waals surface area contributed by atoms with Gasteiger partial charge in [0.15, 0.2) is 5.82 Å². The van der Waals surface area contributed by atoms with E-state index in [1.807, 2.05) is 31.2 Å². The molecule has 1 aromatic heterocycles. The molecule has 0 bridgehead atoms. The highest BCUT2D eigenvalue weighted by Gasteiger charge is 2.20. The summed E-state index contributed by atoms with van der Waals surface area (Å²) in [4.78, 5) is 6.81. The summed E-state index contributed by atoms with van der Waals surface area (Å²) in [6, 6.07) is 14.4. The van der Waals surface area contributed by atoms with Gasteiger partial charge in [-0.1, -0.05) is 24.3 Å². The van der Waals surface area contributed by atoms with Gasteiger partial charge in [-0.15, -0.1) is 5.10 Å². The van der Waals surface area contributed by atoms with Crippen molar-refractivity contribution >= 4 is 23.1 Å². The van der Waals surface area contributed by atoms with Crippen molar-refractivity contribution in [1.29, 1.82) is 0 Å². The van der Waals surface area contributed by atoms with E-state index in [0.717, 1.165) is 42.1 Å². The lowest BCUT2D eigenvalue weighted by Crippen LogP contribution is -2.26. The van der Waals surface area contributed by atoms with E-state index < -0.39 is 0 Å². The number of nitrogens with zero attached hydrogens (tertiary/aromatic N) is 4. The molecule has 2 aromatic carbocycles. The first kappa shape index (κ1) is 16.3. The highest BCUT2D eigenvalue weighted by atomic mass is 16.5. The number of aromatic nitrogens is 3. The monoisotopic (exact) mass is 347 g/mol. The molecule has 0 aliphatic carbocycles. The van der Waals surface area contributed by atoms with Crippen molar-refractivity contribution in [3.63, 3.8) is 0 Å². The first-order valence-electron chi connectivity index (χ1n) is 8.71. The van der Waals surface area contributed by atoms with Gasteiger partial charge in [0.1, 0.15) is 5.75 Å². The molecule has 132 valence electrons. The summed E-state index contributed by atoms with van der Waals surface area (Å²) in [5, 5.41) is 11.7. The number of hydrogen-bond acceptors (Lipinski definition) is 6. The van der Waals surface area contributed by atoms with Crippen molar-refractivity contribution in [2.45, 2.75) is 19.8 Å². The Morgan fingerprint density at radius 3 is 2.92 bits per heavy atom. The zero-order valence-corrected chi connectivity index (χ0v) is 14.9. The predicted octanol–water partition coefficient (Wildman–Crippen LogP) is 4.02. The van der Waals surface area contributed by atoms with Crippen molar-refractivity contribution in [2.24, 2.45) is 0 Å². The first-order chi connectivity index (χ1) is 12.7. The van der Waals surface area contributed by atoms with Crippen LogP contribution in [-0.2, 0) is 6.42 Å². The quantitative estimate of drug-likeness (QED) is 0.769. The minimum Gasteiger partial charge on any atom is -0.495 e. The fourth-order valence-corrected chi connectivity index (χ4v) is 3.27. The summed E-state index contributed by atoms with van der Waals surface area (Å²) < 4.78 is 5.43. The predicted molar refractivity (Wildman–Crippen MR) is 103 cm³/mol. The summed E-state index contributed by atoms with van der Waals surface area (Å²) in [5.41, 5.74) is 4.48. The maximum atomic E-state index is 5.43. The van der Waals surface area contributed by atoms with Gasteiger partial charge in [-0.25, -0.2) is 0 Å². The van der Waals surface area contributed by atoms with Crippen molar-refractivity contribution in [3.05, 3.63) is 59.8 Å². The maximum absolute atomic E-state index is 5.43. The Bertz CT molecular complexity index is 928. The Kier molecular flexibility index (Phi) is 4.39. The number of ether oxygens (including phenoxy) is 1. The average Bonchev–Trinajstić information content (AvgIpc) is 2.68. The molecule has 26 heavy (non-hydrogen) atoms. The molecule has 1 aliphatic rings. The van der Waals surface area contributed by atoms with E-state index in [2.05, 4.69) is 43.6 Å². The summed E-state index contributed by atoms with van der Waals surface area (Å²) >= 11 is 0. The lowest BCUT2D eigenvalue weighted by atomic mass is 10.0. The maximum Gasteiger partial charge on any atom is 0.251 e. The lowest BCUT2D eigenvalue weighted by molar-refractivity contribution is 0.416. The van der Waals surface area contributed by atoms with Crippen molar-refractivity contribution < 1.29 is 4.74 Å². The Morgan fingerprint density at radius 2 is 2.04 bits per heavy atom. The lowest BCUT2D eigenvalue weighted by Gasteiger charge is -2.29. The van der Waals surface area contributed by atoms with Crippen LogP contribution in [-0.4, -0.2) is 28.8 Å². The zero-order valence-electron chi connectivity index (χ0n) is 14.9. The number of hydrogen-bond donors (Lipinski definition) is 1. The smallest absolute Gasteiger partial charge is 0.251 e. The standard InChI is InChI=1S/C20H21N5O/c1-14-9-10-18(26-2)16(12-14)22-19-13-21-24-20(23-19)25-11-5-7-15-6-3-4-8-17(15)25/h3-4,6,8-10,12-13H,5,7,11H2,1-2H3,(H,22,23,24). The molecule has 3 aromatic rings. The Morgan fingerprint density at radius 1 is 1.15 bits per heavy atom. The number of fused-ring (bicyclic) bond motifs is 1. The normalized spacial score (nSPS) is 13.2. The Balaban J connectivity index is 1.65. The van der Waals surface area contributed by atoms with Gasteiger partial charge in [0.05, 0.1) is 19.0 Å². The minimum atomic E-state index is 0.605. The van der Waals surface area contributed by atoms with E-state index >= 15 is 0 Å². The third-order valence-electron chi connectivity index (χ3n) is 4.52. The Hall–Kier alpha value is -3.15. The first-order valence-corrected chi connectivity index (χ1v) is 8.71. The molecule has 4 rings (SSSR count). The van der Waals surface area contributed by atoms with E-state index in [1.165, 1.54) is 5.56 Å². The number of methoxy groups -OCH3 is 1. The molecule has 0 fully saturated rings. The topological polar surface area (TPSA) is 63.2 Å². The van der Waals surface area contributed by atoms with Crippen LogP contribution < -0.4 is 15.0 Å². The van der Waals surface area contributed by atoms with Crippen LogP contribution in [0.2, 0.25) is 0 Å². The van der Waals surface area contributed by atoms with Gasteiger partial charge in [0.25, 0.3) is 5.95 Å². The molecule has 0 spiro atoms. The van der Waals surface area contributed by atoms with Crippen LogP contribution in [0.15, 0.2) is 48.7 Å². The molecule has 1 aliphatic heterocycles. The van der Waals surface area contributed by atoms with E-state index in [4.69, 9.17) is 4.74 Å². The number of benzene rings is 2. The van der Waals surface area contributed by atoms with Crippen LogP contribution in [0.3, 0.4) is 0 Å². The summed E-state index contributed by atoms with van der Waals surface area (Å²) in [5.74, 6) is 2.01. The van der Waals surface area contributed by atoms with E-state index in [0.29, 0.717) is 11.8 Å². The van der Waals surface area contributed by atoms with Gasteiger partial charge < -0.3 is 15.0 Å². The van der Waals surface area contributed by atoms with Gasteiger partial charge in [0, 0.05) is 12.2 Å². The van der Waals surface area contributed by atoms with Gasteiger partial charge in [0.2, 0.25) is 0 Å². The number of aryl methyl sites for hydroxylation is 2.